The van der Waals surface area contributed by atoms with Gasteiger partial charge < -0.3 is 14.8 Å². The van der Waals surface area contributed by atoms with E-state index in [1.165, 1.54) is 11.1 Å². The zero-order chi connectivity index (χ0) is 16.6. The summed E-state index contributed by atoms with van der Waals surface area (Å²) in [5.41, 5.74) is 3.44. The molecule has 0 aromatic heterocycles. The second kappa shape index (κ2) is 8.06. The van der Waals surface area contributed by atoms with Gasteiger partial charge in [0, 0.05) is 12.2 Å². The average molecular weight is 319 g/mol. The summed E-state index contributed by atoms with van der Waals surface area (Å²) in [7, 11) is 1.68. The summed E-state index contributed by atoms with van der Waals surface area (Å²) in [4.78, 5) is 0. The van der Waals surface area contributed by atoms with Gasteiger partial charge in [-0.15, -0.1) is 0 Å². The molecule has 0 atom stereocenters. The first-order valence-electron chi connectivity index (χ1n) is 7.97. The maximum Gasteiger partial charge on any atom is 0.119 e. The number of ether oxygens (including phenoxy) is 2. The van der Waals surface area contributed by atoms with E-state index in [0.29, 0.717) is 6.61 Å². The lowest BCUT2D eigenvalue weighted by molar-refractivity contribution is 0.306. The molecule has 0 aliphatic carbocycles. The smallest absolute Gasteiger partial charge is 0.119 e. The van der Waals surface area contributed by atoms with Crippen LogP contribution in [0.1, 0.15) is 11.1 Å². The zero-order valence-electron chi connectivity index (χ0n) is 13.7. The molecule has 24 heavy (non-hydrogen) atoms. The predicted octanol–water partition coefficient (Wildman–Crippen LogP) is 4.89. The zero-order valence-corrected chi connectivity index (χ0v) is 13.7. The maximum atomic E-state index is 5.79. The van der Waals surface area contributed by atoms with Crippen molar-refractivity contribution < 1.29 is 9.47 Å². The van der Waals surface area contributed by atoms with Gasteiger partial charge in [-0.2, -0.15) is 0 Å². The highest BCUT2D eigenvalue weighted by atomic mass is 16.5. The molecule has 0 amide bonds. The Kier molecular flexibility index (Phi) is 5.36. The molecule has 0 fully saturated rings. The quantitative estimate of drug-likeness (QED) is 0.673. The largest absolute Gasteiger partial charge is 0.497 e. The fourth-order valence-corrected chi connectivity index (χ4v) is 2.36. The van der Waals surface area contributed by atoms with Crippen LogP contribution in [0.4, 0.5) is 5.69 Å². The van der Waals surface area contributed by atoms with Crippen molar-refractivity contribution in [2.45, 2.75) is 13.2 Å². The van der Waals surface area contributed by atoms with Crippen molar-refractivity contribution >= 4 is 5.69 Å². The van der Waals surface area contributed by atoms with Crippen LogP contribution in [0, 0.1) is 0 Å². The van der Waals surface area contributed by atoms with Crippen LogP contribution in [0.3, 0.4) is 0 Å². The Morgan fingerprint density at radius 3 is 2.04 bits per heavy atom. The standard InChI is InChI=1S/C21H21NO2/c1-23-20-11-7-17(8-12-20)15-22-19-9-13-21(14-10-19)24-16-18-5-3-2-4-6-18/h2-14,22H,15-16H2,1H3. The van der Waals surface area contributed by atoms with E-state index < -0.39 is 0 Å². The lowest BCUT2D eigenvalue weighted by atomic mass is 10.2. The van der Waals surface area contributed by atoms with Gasteiger partial charge in [0.1, 0.15) is 18.1 Å². The lowest BCUT2D eigenvalue weighted by Gasteiger charge is -2.09. The van der Waals surface area contributed by atoms with Gasteiger partial charge in [0.05, 0.1) is 7.11 Å². The predicted molar refractivity (Wildman–Crippen MR) is 97.5 cm³/mol. The Hall–Kier alpha value is -2.94. The van der Waals surface area contributed by atoms with E-state index in [4.69, 9.17) is 9.47 Å². The van der Waals surface area contributed by atoms with Crippen LogP contribution in [-0.2, 0) is 13.2 Å². The molecule has 0 heterocycles. The molecule has 0 aliphatic heterocycles. The van der Waals surface area contributed by atoms with Crippen molar-refractivity contribution in [1.29, 1.82) is 0 Å². The number of rotatable bonds is 7. The Morgan fingerprint density at radius 1 is 0.708 bits per heavy atom. The van der Waals surface area contributed by atoms with Crippen molar-refractivity contribution in [3.8, 4) is 11.5 Å². The van der Waals surface area contributed by atoms with E-state index in [9.17, 15) is 0 Å². The summed E-state index contributed by atoms with van der Waals surface area (Å²) in [5, 5.41) is 3.40. The maximum absolute atomic E-state index is 5.79. The summed E-state index contributed by atoms with van der Waals surface area (Å²) in [5.74, 6) is 1.74. The minimum absolute atomic E-state index is 0.583. The van der Waals surface area contributed by atoms with Gasteiger partial charge >= 0.3 is 0 Å². The van der Waals surface area contributed by atoms with Gasteiger partial charge in [-0.1, -0.05) is 42.5 Å². The molecule has 3 heteroatoms. The average Bonchev–Trinajstić information content (AvgIpc) is 2.67. The third kappa shape index (κ3) is 4.53. The summed E-state index contributed by atoms with van der Waals surface area (Å²) >= 11 is 0. The van der Waals surface area contributed by atoms with E-state index in [1.54, 1.807) is 7.11 Å². The molecule has 0 bridgehead atoms. The number of benzene rings is 3. The SMILES string of the molecule is COc1ccc(CNc2ccc(OCc3ccccc3)cc2)cc1. The third-order valence-corrected chi connectivity index (χ3v) is 3.76. The van der Waals surface area contributed by atoms with E-state index in [2.05, 4.69) is 29.6 Å². The molecule has 0 radical (unpaired) electrons. The third-order valence-electron chi connectivity index (χ3n) is 3.76. The van der Waals surface area contributed by atoms with E-state index in [1.807, 2.05) is 54.6 Å². The first-order chi connectivity index (χ1) is 11.8. The normalized spacial score (nSPS) is 10.2. The minimum Gasteiger partial charge on any atom is -0.497 e. The molecule has 0 spiro atoms. The highest BCUT2D eigenvalue weighted by Gasteiger charge is 1.98. The van der Waals surface area contributed by atoms with Crippen molar-refractivity contribution in [2.24, 2.45) is 0 Å². The van der Waals surface area contributed by atoms with Crippen LogP contribution >= 0.6 is 0 Å². The summed E-state index contributed by atoms with van der Waals surface area (Å²) < 4.78 is 11.0. The molecular weight excluding hydrogens is 298 g/mol. The topological polar surface area (TPSA) is 30.5 Å². The molecule has 3 rings (SSSR count). The number of hydrogen-bond acceptors (Lipinski definition) is 3. The van der Waals surface area contributed by atoms with Gasteiger partial charge in [-0.05, 0) is 47.5 Å². The molecule has 0 unspecified atom stereocenters. The van der Waals surface area contributed by atoms with Crippen molar-refractivity contribution in [3.05, 3.63) is 90.0 Å². The van der Waals surface area contributed by atoms with Gasteiger partial charge in [0.25, 0.3) is 0 Å². The van der Waals surface area contributed by atoms with Crippen LogP contribution in [0.2, 0.25) is 0 Å². The lowest BCUT2D eigenvalue weighted by Crippen LogP contribution is -1.99. The Labute approximate surface area is 142 Å². The highest BCUT2D eigenvalue weighted by molar-refractivity contribution is 5.47. The van der Waals surface area contributed by atoms with Crippen molar-refractivity contribution in [1.82, 2.24) is 0 Å². The molecule has 122 valence electrons. The number of methoxy groups -OCH3 is 1. The van der Waals surface area contributed by atoms with Crippen LogP contribution in [0.25, 0.3) is 0 Å². The monoisotopic (exact) mass is 319 g/mol. The molecule has 3 aromatic rings. The summed E-state index contributed by atoms with van der Waals surface area (Å²) in [6.07, 6.45) is 0. The molecule has 3 aromatic carbocycles. The number of nitrogens with one attached hydrogen (secondary N) is 1. The number of hydrogen-bond donors (Lipinski definition) is 1. The second-order valence-electron chi connectivity index (χ2n) is 5.50. The first-order valence-corrected chi connectivity index (χ1v) is 7.97. The summed E-state index contributed by atoms with van der Waals surface area (Å²) in [6, 6.07) is 26.3. The first kappa shape index (κ1) is 15.9. The van der Waals surface area contributed by atoms with Crippen molar-refractivity contribution in [2.75, 3.05) is 12.4 Å². The molecule has 3 nitrogen and oxygen atoms in total. The molecule has 0 saturated heterocycles. The highest BCUT2D eigenvalue weighted by Crippen LogP contribution is 2.18. The summed E-state index contributed by atoms with van der Waals surface area (Å²) in [6.45, 7) is 1.35. The van der Waals surface area contributed by atoms with Gasteiger partial charge in [0.2, 0.25) is 0 Å². The van der Waals surface area contributed by atoms with Crippen LogP contribution in [0.5, 0.6) is 11.5 Å². The molecule has 0 saturated carbocycles. The number of anilines is 1. The second-order valence-corrected chi connectivity index (χ2v) is 5.50. The van der Waals surface area contributed by atoms with Crippen LogP contribution in [-0.4, -0.2) is 7.11 Å². The van der Waals surface area contributed by atoms with E-state index in [0.717, 1.165) is 23.7 Å². The Morgan fingerprint density at radius 2 is 1.38 bits per heavy atom. The van der Waals surface area contributed by atoms with E-state index >= 15 is 0 Å². The Balaban J connectivity index is 1.50. The van der Waals surface area contributed by atoms with Gasteiger partial charge in [0.15, 0.2) is 0 Å². The fraction of sp³-hybridized carbons (Fsp3) is 0.143. The molecular formula is C21H21NO2. The Bertz CT molecular complexity index is 737. The fourth-order valence-electron chi connectivity index (χ4n) is 2.36. The van der Waals surface area contributed by atoms with Crippen LogP contribution in [0.15, 0.2) is 78.9 Å². The van der Waals surface area contributed by atoms with Gasteiger partial charge in [-0.25, -0.2) is 0 Å². The minimum atomic E-state index is 0.583. The van der Waals surface area contributed by atoms with E-state index in [-0.39, 0.29) is 0 Å². The van der Waals surface area contributed by atoms with Crippen LogP contribution < -0.4 is 14.8 Å². The molecule has 1 N–H and O–H groups in total. The van der Waals surface area contributed by atoms with Gasteiger partial charge in [-0.3, -0.25) is 0 Å². The molecule has 0 aliphatic rings. The van der Waals surface area contributed by atoms with Crippen molar-refractivity contribution in [3.63, 3.8) is 0 Å².